The number of aromatic nitrogens is 2. The van der Waals surface area contributed by atoms with Gasteiger partial charge in [0, 0.05) is 25.7 Å². The van der Waals surface area contributed by atoms with Crippen LogP contribution in [-0.2, 0) is 13.3 Å². The van der Waals surface area contributed by atoms with Gasteiger partial charge in [0.15, 0.2) is 5.16 Å². The fraction of sp³-hybridized carbons (Fsp3) is 0.636. The molecule has 116 valence electrons. The van der Waals surface area contributed by atoms with Gasteiger partial charge in [0.25, 0.3) is 5.56 Å². The van der Waals surface area contributed by atoms with Crippen LogP contribution in [0.2, 0.25) is 0 Å². The summed E-state index contributed by atoms with van der Waals surface area (Å²) in [6.07, 6.45) is 0. The highest BCUT2D eigenvalue weighted by Gasteiger charge is 2.44. The molecule has 0 amide bonds. The van der Waals surface area contributed by atoms with Crippen molar-refractivity contribution >= 4 is 26.4 Å². The average Bonchev–Trinajstić information content (AvgIpc) is 2.35. The highest BCUT2D eigenvalue weighted by molar-refractivity contribution is 8.00. The lowest BCUT2D eigenvalue weighted by Crippen LogP contribution is -2.57. The molecule has 3 saturated heterocycles. The summed E-state index contributed by atoms with van der Waals surface area (Å²) in [5.74, 6) is 0.203. The number of rotatable bonds is 3. The minimum Gasteiger partial charge on any atom is -0.383 e. The van der Waals surface area contributed by atoms with Gasteiger partial charge >= 0.3 is 8.80 Å². The quantitative estimate of drug-likeness (QED) is 0.426. The predicted octanol–water partition coefficient (Wildman–Crippen LogP) is -0.699. The van der Waals surface area contributed by atoms with E-state index in [0.29, 0.717) is 30.4 Å². The molecule has 8 nitrogen and oxygen atoms in total. The third-order valence-electron chi connectivity index (χ3n) is 3.31. The topological polar surface area (TPSA) is 103 Å². The van der Waals surface area contributed by atoms with Crippen LogP contribution in [0, 0.1) is 0 Å². The number of fused-ring (bicyclic) bond motifs is 6. The number of nitrogens with zero attached hydrogens (tertiary/aromatic N) is 2. The maximum absolute atomic E-state index is 11.4. The molecule has 4 rings (SSSR count). The molecule has 1 aromatic rings. The van der Waals surface area contributed by atoms with Crippen LogP contribution in [0.1, 0.15) is 0 Å². The maximum atomic E-state index is 11.4. The van der Waals surface area contributed by atoms with Gasteiger partial charge in [-0.15, -0.1) is 0 Å². The van der Waals surface area contributed by atoms with Crippen molar-refractivity contribution in [3.8, 4) is 0 Å². The molecule has 3 aliphatic rings. The molecule has 0 atom stereocenters. The summed E-state index contributed by atoms with van der Waals surface area (Å²) in [6.45, 7) is 4.52. The molecule has 4 heterocycles. The van der Waals surface area contributed by atoms with E-state index in [1.807, 2.05) is 0 Å². The molecule has 0 aliphatic carbocycles. The standard InChI is InChI=1S/C11H18N4O4SSi/c12-9-7-10(16)14-11(13-9)20-8-21-17-4-1-15(2-5-18-21)3-6-19-21/h7H,1-6,8H2,(H3,12,13,14,16). The zero-order valence-corrected chi connectivity index (χ0v) is 13.4. The molecule has 2 bridgehead atoms. The fourth-order valence-electron chi connectivity index (χ4n) is 2.25. The van der Waals surface area contributed by atoms with Crippen molar-refractivity contribution in [3.05, 3.63) is 16.4 Å². The normalized spacial score (nSPS) is 29.6. The summed E-state index contributed by atoms with van der Waals surface area (Å²) in [5, 5.41) is 0.975. The van der Waals surface area contributed by atoms with Crippen LogP contribution in [0.15, 0.2) is 16.0 Å². The van der Waals surface area contributed by atoms with E-state index in [1.54, 1.807) is 0 Å². The summed E-state index contributed by atoms with van der Waals surface area (Å²) in [4.78, 5) is 20.4. The lowest BCUT2D eigenvalue weighted by molar-refractivity contribution is -0.00444. The summed E-state index contributed by atoms with van der Waals surface area (Å²) < 4.78 is 17.7. The first-order chi connectivity index (χ1) is 10.2. The van der Waals surface area contributed by atoms with Gasteiger partial charge in [0.2, 0.25) is 0 Å². The number of hydrogen-bond donors (Lipinski definition) is 2. The number of anilines is 1. The van der Waals surface area contributed by atoms with E-state index in [0.717, 1.165) is 19.6 Å². The van der Waals surface area contributed by atoms with Gasteiger partial charge in [-0.3, -0.25) is 9.69 Å². The zero-order chi connectivity index (χ0) is 14.7. The Bertz CT molecular complexity index is 531. The van der Waals surface area contributed by atoms with E-state index in [9.17, 15) is 4.79 Å². The predicted molar refractivity (Wildman–Crippen MR) is 80.0 cm³/mol. The van der Waals surface area contributed by atoms with E-state index in [-0.39, 0.29) is 11.4 Å². The first-order valence-corrected chi connectivity index (χ1v) is 9.71. The Balaban J connectivity index is 1.70. The van der Waals surface area contributed by atoms with Crippen molar-refractivity contribution in [2.75, 3.05) is 50.6 Å². The third kappa shape index (κ3) is 3.84. The Kier molecular flexibility index (Phi) is 4.62. The van der Waals surface area contributed by atoms with Crippen molar-refractivity contribution in [1.29, 1.82) is 0 Å². The number of nitrogens with one attached hydrogen (secondary N) is 1. The Morgan fingerprint density at radius 3 is 2.48 bits per heavy atom. The molecule has 0 saturated carbocycles. The van der Waals surface area contributed by atoms with E-state index < -0.39 is 8.80 Å². The maximum Gasteiger partial charge on any atom is 0.512 e. The lowest BCUT2D eigenvalue weighted by atomic mass is 10.4. The van der Waals surface area contributed by atoms with Gasteiger partial charge in [-0.05, 0) is 0 Å². The van der Waals surface area contributed by atoms with E-state index in [4.69, 9.17) is 19.0 Å². The summed E-state index contributed by atoms with van der Waals surface area (Å²) in [6, 6.07) is 1.25. The van der Waals surface area contributed by atoms with Gasteiger partial charge in [-0.25, -0.2) is 4.98 Å². The van der Waals surface area contributed by atoms with Crippen LogP contribution < -0.4 is 11.3 Å². The van der Waals surface area contributed by atoms with Crippen molar-refractivity contribution in [3.63, 3.8) is 0 Å². The summed E-state index contributed by atoms with van der Waals surface area (Å²) >= 11 is 1.35. The minimum absolute atomic E-state index is 0.203. The van der Waals surface area contributed by atoms with Crippen molar-refractivity contribution < 1.29 is 13.3 Å². The Labute approximate surface area is 127 Å². The lowest BCUT2D eigenvalue weighted by Gasteiger charge is -2.37. The van der Waals surface area contributed by atoms with Crippen LogP contribution in [0.25, 0.3) is 0 Å². The van der Waals surface area contributed by atoms with E-state index in [2.05, 4.69) is 14.9 Å². The Morgan fingerprint density at radius 1 is 1.29 bits per heavy atom. The number of hydrogen-bond acceptors (Lipinski definition) is 8. The molecule has 0 spiro atoms. The minimum atomic E-state index is -2.71. The van der Waals surface area contributed by atoms with Crippen molar-refractivity contribution in [2.45, 2.75) is 5.16 Å². The first-order valence-electron chi connectivity index (χ1n) is 6.79. The second-order valence-electron chi connectivity index (χ2n) is 4.83. The fourth-order valence-corrected chi connectivity index (χ4v) is 6.31. The first kappa shape index (κ1) is 15.0. The highest BCUT2D eigenvalue weighted by Crippen LogP contribution is 2.23. The molecule has 10 heteroatoms. The van der Waals surface area contributed by atoms with Gasteiger partial charge in [0.1, 0.15) is 5.82 Å². The summed E-state index contributed by atoms with van der Waals surface area (Å²) in [5.41, 5.74) is 5.31. The van der Waals surface area contributed by atoms with Gasteiger partial charge in [0.05, 0.1) is 25.2 Å². The van der Waals surface area contributed by atoms with Crippen LogP contribution in [0.3, 0.4) is 0 Å². The molecule has 0 unspecified atom stereocenters. The van der Waals surface area contributed by atoms with Gasteiger partial charge in [-0.2, -0.15) is 0 Å². The number of nitrogens with two attached hydrogens (primary N) is 1. The second-order valence-corrected chi connectivity index (χ2v) is 8.90. The smallest absolute Gasteiger partial charge is 0.383 e. The Morgan fingerprint density at radius 2 is 1.90 bits per heavy atom. The summed E-state index contributed by atoms with van der Waals surface area (Å²) in [7, 11) is -2.71. The molecule has 3 aliphatic heterocycles. The van der Waals surface area contributed by atoms with Crippen molar-refractivity contribution in [1.82, 2.24) is 14.9 Å². The molecule has 1 aromatic heterocycles. The van der Waals surface area contributed by atoms with Gasteiger partial charge < -0.3 is 24.0 Å². The molecule has 0 aromatic carbocycles. The molecule has 3 N–H and O–H groups in total. The van der Waals surface area contributed by atoms with E-state index >= 15 is 0 Å². The SMILES string of the molecule is Nc1cc(=O)[nH]c(SC[Si]23OCCN(CCO2)CCO3)n1. The van der Waals surface area contributed by atoms with E-state index in [1.165, 1.54) is 17.8 Å². The van der Waals surface area contributed by atoms with Crippen LogP contribution in [0.5, 0.6) is 0 Å². The second kappa shape index (κ2) is 6.46. The highest BCUT2D eigenvalue weighted by atomic mass is 32.2. The molecular formula is C11H18N4O4SSi. The monoisotopic (exact) mass is 330 g/mol. The third-order valence-corrected chi connectivity index (χ3v) is 7.70. The zero-order valence-electron chi connectivity index (χ0n) is 11.5. The average molecular weight is 330 g/mol. The molecule has 3 fully saturated rings. The van der Waals surface area contributed by atoms with Crippen LogP contribution in [-0.4, -0.2) is 68.5 Å². The van der Waals surface area contributed by atoms with Gasteiger partial charge in [-0.1, -0.05) is 11.8 Å². The Hall–Kier alpha value is -0.913. The number of aromatic amines is 1. The molecular weight excluding hydrogens is 312 g/mol. The number of nitrogen functional groups attached to an aromatic ring is 1. The molecule has 0 radical (unpaired) electrons. The van der Waals surface area contributed by atoms with Crippen molar-refractivity contribution in [2.24, 2.45) is 0 Å². The molecule has 21 heavy (non-hydrogen) atoms. The largest absolute Gasteiger partial charge is 0.512 e. The number of thioether (sulfide) groups is 1. The number of H-pyrrole nitrogens is 1. The van der Waals surface area contributed by atoms with Crippen LogP contribution in [0.4, 0.5) is 5.82 Å². The van der Waals surface area contributed by atoms with Crippen LogP contribution >= 0.6 is 11.8 Å².